The molecule has 0 radical (unpaired) electrons. The lowest BCUT2D eigenvalue weighted by atomic mass is 10.1. The number of carbonyl (C=O) groups excluding carboxylic acids is 1. The predicted octanol–water partition coefficient (Wildman–Crippen LogP) is 2.85. The van der Waals surface area contributed by atoms with Crippen LogP contribution in [0.5, 0.6) is 0 Å². The first-order chi connectivity index (χ1) is 12.4. The lowest BCUT2D eigenvalue weighted by molar-refractivity contribution is 0.108. The standard InChI is InChI=1S/C19H19F2N3O2/c1-11-8-22-19(26)23(11)9-14(25)10-24-17-4-2-12(20)6-15(17)16-7-13(21)3-5-18(16)24/h2-7,11,14,25H,8-10H2,1H3,(H,22,26). The highest BCUT2D eigenvalue weighted by molar-refractivity contribution is 6.08. The highest BCUT2D eigenvalue weighted by Crippen LogP contribution is 2.30. The number of hydrogen-bond acceptors (Lipinski definition) is 2. The molecule has 1 aliphatic rings. The van der Waals surface area contributed by atoms with E-state index in [1.807, 2.05) is 11.5 Å². The first kappa shape index (κ1) is 16.8. The molecule has 2 N–H and O–H groups in total. The topological polar surface area (TPSA) is 57.5 Å². The number of benzene rings is 2. The number of aromatic nitrogens is 1. The average Bonchev–Trinajstić information content (AvgIpc) is 3.07. The summed E-state index contributed by atoms with van der Waals surface area (Å²) in [6, 6.07) is 8.50. The van der Waals surface area contributed by atoms with Crippen molar-refractivity contribution in [2.24, 2.45) is 0 Å². The molecule has 1 fully saturated rings. The molecule has 1 aromatic heterocycles. The first-order valence-corrected chi connectivity index (χ1v) is 8.53. The Morgan fingerprint density at radius 3 is 2.19 bits per heavy atom. The van der Waals surface area contributed by atoms with E-state index in [4.69, 9.17) is 0 Å². The minimum absolute atomic E-state index is 0.0125. The molecule has 5 nitrogen and oxygen atoms in total. The summed E-state index contributed by atoms with van der Waals surface area (Å²) in [5.41, 5.74) is 1.43. The van der Waals surface area contributed by atoms with Crippen molar-refractivity contribution in [2.75, 3.05) is 13.1 Å². The quantitative estimate of drug-likeness (QED) is 0.753. The second-order valence-corrected chi connectivity index (χ2v) is 6.77. The Labute approximate surface area is 148 Å². The number of carbonyl (C=O) groups is 1. The van der Waals surface area contributed by atoms with Crippen molar-refractivity contribution in [3.05, 3.63) is 48.0 Å². The van der Waals surface area contributed by atoms with Crippen LogP contribution in [0.25, 0.3) is 21.8 Å². The van der Waals surface area contributed by atoms with Gasteiger partial charge in [0.05, 0.1) is 19.2 Å². The van der Waals surface area contributed by atoms with Gasteiger partial charge in [0.15, 0.2) is 0 Å². The zero-order valence-corrected chi connectivity index (χ0v) is 14.2. The molecule has 1 saturated heterocycles. The smallest absolute Gasteiger partial charge is 0.317 e. The summed E-state index contributed by atoms with van der Waals surface area (Å²) in [6.45, 7) is 2.88. The summed E-state index contributed by atoms with van der Waals surface area (Å²) in [4.78, 5) is 13.4. The number of hydrogen-bond donors (Lipinski definition) is 2. The van der Waals surface area contributed by atoms with E-state index in [1.54, 1.807) is 17.0 Å². The van der Waals surface area contributed by atoms with Crippen LogP contribution < -0.4 is 5.32 Å². The van der Waals surface area contributed by atoms with Crippen LogP contribution in [0.1, 0.15) is 6.92 Å². The number of nitrogens with one attached hydrogen (secondary N) is 1. The van der Waals surface area contributed by atoms with Crippen molar-refractivity contribution >= 4 is 27.8 Å². The number of aliphatic hydroxyl groups excluding tert-OH is 1. The molecule has 1 aliphatic heterocycles. The Bertz CT molecular complexity index is 942. The normalized spacial score (nSPS) is 18.7. The second-order valence-electron chi connectivity index (χ2n) is 6.77. The van der Waals surface area contributed by atoms with Gasteiger partial charge in [-0.3, -0.25) is 0 Å². The Balaban J connectivity index is 1.72. The zero-order valence-electron chi connectivity index (χ0n) is 14.2. The molecule has 2 atom stereocenters. The van der Waals surface area contributed by atoms with Gasteiger partial charge in [-0.2, -0.15) is 0 Å². The first-order valence-electron chi connectivity index (χ1n) is 8.53. The van der Waals surface area contributed by atoms with Gasteiger partial charge >= 0.3 is 6.03 Å². The Morgan fingerprint density at radius 2 is 1.69 bits per heavy atom. The maximum absolute atomic E-state index is 13.7. The van der Waals surface area contributed by atoms with Gasteiger partial charge in [0.1, 0.15) is 11.6 Å². The lowest BCUT2D eigenvalue weighted by Crippen LogP contribution is -2.40. The number of nitrogens with zero attached hydrogens (tertiary/aromatic N) is 2. The largest absolute Gasteiger partial charge is 0.389 e. The molecule has 4 rings (SSSR count). The number of β-amino-alcohol motifs (C(OH)–C–C–N with tert-alkyl or cyclic N) is 1. The Kier molecular flexibility index (Phi) is 4.03. The molecule has 136 valence electrons. The molecule has 2 amide bonds. The van der Waals surface area contributed by atoms with Gasteiger partial charge in [0.25, 0.3) is 0 Å². The monoisotopic (exact) mass is 359 g/mol. The number of urea groups is 1. The molecule has 2 aromatic carbocycles. The predicted molar refractivity (Wildman–Crippen MR) is 94.9 cm³/mol. The molecular weight excluding hydrogens is 340 g/mol. The van der Waals surface area contributed by atoms with Crippen LogP contribution in [0.2, 0.25) is 0 Å². The molecule has 0 saturated carbocycles. The number of aliphatic hydroxyl groups is 1. The summed E-state index contributed by atoms with van der Waals surface area (Å²) in [5.74, 6) is -0.798. The third-order valence-electron chi connectivity index (χ3n) is 4.93. The lowest BCUT2D eigenvalue weighted by Gasteiger charge is -2.23. The van der Waals surface area contributed by atoms with Crippen LogP contribution in [-0.4, -0.2) is 45.8 Å². The fourth-order valence-corrected chi connectivity index (χ4v) is 3.65. The third-order valence-corrected chi connectivity index (χ3v) is 4.93. The van der Waals surface area contributed by atoms with Crippen molar-refractivity contribution in [1.82, 2.24) is 14.8 Å². The highest BCUT2D eigenvalue weighted by atomic mass is 19.1. The van der Waals surface area contributed by atoms with Crippen LogP contribution in [-0.2, 0) is 6.54 Å². The summed E-state index contributed by atoms with van der Waals surface area (Å²) >= 11 is 0. The van der Waals surface area contributed by atoms with E-state index in [0.717, 1.165) is 0 Å². The molecular formula is C19H19F2N3O2. The van der Waals surface area contributed by atoms with E-state index in [9.17, 15) is 18.7 Å². The SMILES string of the molecule is CC1CNC(=O)N1CC(O)Cn1c2ccc(F)cc2c2cc(F)ccc21. The molecule has 2 unspecified atom stereocenters. The maximum Gasteiger partial charge on any atom is 0.317 e. The second kappa shape index (κ2) is 6.25. The summed E-state index contributed by atoms with van der Waals surface area (Å²) in [5, 5.41) is 14.5. The van der Waals surface area contributed by atoms with E-state index in [0.29, 0.717) is 28.4 Å². The number of rotatable bonds is 4. The van der Waals surface area contributed by atoms with Crippen molar-refractivity contribution in [3.63, 3.8) is 0 Å². The van der Waals surface area contributed by atoms with Gasteiger partial charge in [-0.1, -0.05) is 0 Å². The van der Waals surface area contributed by atoms with E-state index in [1.165, 1.54) is 24.3 Å². The van der Waals surface area contributed by atoms with Crippen LogP contribution in [0.15, 0.2) is 36.4 Å². The zero-order chi connectivity index (χ0) is 18.4. The molecule has 0 aliphatic carbocycles. The van der Waals surface area contributed by atoms with E-state index < -0.39 is 17.7 Å². The van der Waals surface area contributed by atoms with Gasteiger partial charge in [-0.15, -0.1) is 0 Å². The molecule has 26 heavy (non-hydrogen) atoms. The Hall–Kier alpha value is -2.67. The molecule has 7 heteroatoms. The minimum Gasteiger partial charge on any atom is -0.389 e. The molecule has 0 spiro atoms. The van der Waals surface area contributed by atoms with Crippen molar-refractivity contribution < 1.29 is 18.7 Å². The van der Waals surface area contributed by atoms with Gasteiger partial charge in [-0.25, -0.2) is 13.6 Å². The average molecular weight is 359 g/mol. The number of fused-ring (bicyclic) bond motifs is 3. The Morgan fingerprint density at radius 1 is 1.12 bits per heavy atom. The van der Waals surface area contributed by atoms with Crippen molar-refractivity contribution in [2.45, 2.75) is 25.6 Å². The van der Waals surface area contributed by atoms with E-state index in [2.05, 4.69) is 5.32 Å². The fraction of sp³-hybridized carbons (Fsp3) is 0.316. The van der Waals surface area contributed by atoms with Crippen molar-refractivity contribution in [1.29, 1.82) is 0 Å². The van der Waals surface area contributed by atoms with Gasteiger partial charge in [0.2, 0.25) is 0 Å². The summed E-state index contributed by atoms with van der Waals surface area (Å²) in [7, 11) is 0. The maximum atomic E-state index is 13.7. The van der Waals surface area contributed by atoms with Gasteiger partial charge in [-0.05, 0) is 43.3 Å². The van der Waals surface area contributed by atoms with Gasteiger partial charge in [0, 0.05) is 34.4 Å². The summed E-state index contributed by atoms with van der Waals surface area (Å²) < 4.78 is 29.2. The number of halogens is 2. The van der Waals surface area contributed by atoms with Crippen LogP contribution >= 0.6 is 0 Å². The van der Waals surface area contributed by atoms with Crippen LogP contribution in [0.4, 0.5) is 13.6 Å². The van der Waals surface area contributed by atoms with Gasteiger partial charge < -0.3 is 19.9 Å². The van der Waals surface area contributed by atoms with Crippen molar-refractivity contribution in [3.8, 4) is 0 Å². The van der Waals surface area contributed by atoms with Crippen LogP contribution in [0, 0.1) is 11.6 Å². The van der Waals surface area contributed by atoms with E-state index >= 15 is 0 Å². The number of amides is 2. The highest BCUT2D eigenvalue weighted by Gasteiger charge is 2.29. The molecule has 3 aromatic rings. The van der Waals surface area contributed by atoms with E-state index in [-0.39, 0.29) is 25.2 Å². The fourth-order valence-electron chi connectivity index (χ4n) is 3.65. The minimum atomic E-state index is -0.810. The third kappa shape index (κ3) is 2.78. The molecule has 2 heterocycles. The molecule has 0 bridgehead atoms. The summed E-state index contributed by atoms with van der Waals surface area (Å²) in [6.07, 6.45) is -0.810. The van der Waals surface area contributed by atoms with Crippen LogP contribution in [0.3, 0.4) is 0 Å².